The molecule has 0 saturated carbocycles. The average Bonchev–Trinajstić information content (AvgIpc) is 3.06. The van der Waals surface area contributed by atoms with Gasteiger partial charge in [-0.1, -0.05) is 32.4 Å². The second-order valence-electron chi connectivity index (χ2n) is 7.23. The van der Waals surface area contributed by atoms with Crippen molar-refractivity contribution in [3.8, 4) is 0 Å². The van der Waals surface area contributed by atoms with Gasteiger partial charge in [0, 0.05) is 30.4 Å². The summed E-state index contributed by atoms with van der Waals surface area (Å²) in [4.78, 5) is 19.9. The molecular formula is C20H25N5. The van der Waals surface area contributed by atoms with E-state index in [-0.39, 0.29) is 0 Å². The van der Waals surface area contributed by atoms with Crippen molar-refractivity contribution in [2.75, 3.05) is 6.54 Å². The SMILES string of the molecule is CC(C)c1ncc(CN2CCCC[C@H]2c2nc3ccccc3[nH]2)cn1. The molecule has 0 aliphatic carbocycles. The zero-order chi connectivity index (χ0) is 17.2. The van der Waals surface area contributed by atoms with Crippen molar-refractivity contribution < 1.29 is 0 Å². The first-order valence-electron chi connectivity index (χ1n) is 9.20. The van der Waals surface area contributed by atoms with Crippen molar-refractivity contribution >= 4 is 11.0 Å². The van der Waals surface area contributed by atoms with Gasteiger partial charge in [-0.15, -0.1) is 0 Å². The minimum absolute atomic E-state index is 0.339. The van der Waals surface area contributed by atoms with Crippen molar-refractivity contribution in [2.45, 2.75) is 51.6 Å². The summed E-state index contributed by atoms with van der Waals surface area (Å²) in [5.41, 5.74) is 3.34. The second kappa shape index (κ2) is 6.92. The minimum Gasteiger partial charge on any atom is -0.341 e. The molecule has 1 N–H and O–H groups in total. The summed E-state index contributed by atoms with van der Waals surface area (Å²) in [7, 11) is 0. The molecule has 2 aromatic heterocycles. The fourth-order valence-electron chi connectivity index (χ4n) is 3.60. The number of hydrogen-bond acceptors (Lipinski definition) is 4. The van der Waals surface area contributed by atoms with Crippen LogP contribution in [0.15, 0.2) is 36.7 Å². The highest BCUT2D eigenvalue weighted by Gasteiger charge is 2.26. The number of benzene rings is 1. The van der Waals surface area contributed by atoms with Crippen molar-refractivity contribution in [2.24, 2.45) is 0 Å². The number of aromatic amines is 1. The third kappa shape index (κ3) is 3.42. The Bertz CT molecular complexity index is 804. The number of aromatic nitrogens is 4. The van der Waals surface area contributed by atoms with E-state index in [4.69, 9.17) is 4.98 Å². The Hall–Kier alpha value is -2.27. The van der Waals surface area contributed by atoms with Crippen LogP contribution in [0, 0.1) is 0 Å². The Balaban J connectivity index is 1.56. The Morgan fingerprint density at radius 1 is 1.16 bits per heavy atom. The zero-order valence-electron chi connectivity index (χ0n) is 14.9. The van der Waals surface area contributed by atoms with Gasteiger partial charge in [0.2, 0.25) is 0 Å². The maximum absolute atomic E-state index is 4.84. The number of para-hydroxylation sites is 2. The fourth-order valence-corrected chi connectivity index (χ4v) is 3.60. The Kier molecular flexibility index (Phi) is 4.49. The van der Waals surface area contributed by atoms with Gasteiger partial charge in [-0.2, -0.15) is 0 Å². The van der Waals surface area contributed by atoms with E-state index in [1.165, 1.54) is 18.4 Å². The van der Waals surface area contributed by atoms with Crippen LogP contribution in [0.25, 0.3) is 11.0 Å². The summed E-state index contributed by atoms with van der Waals surface area (Å²) in [6.45, 7) is 6.21. The molecule has 1 aliphatic rings. The number of nitrogens with one attached hydrogen (secondary N) is 1. The number of rotatable bonds is 4. The molecule has 3 aromatic rings. The van der Waals surface area contributed by atoms with E-state index >= 15 is 0 Å². The van der Waals surface area contributed by atoms with Crippen molar-refractivity contribution in [1.29, 1.82) is 0 Å². The average molecular weight is 335 g/mol. The molecule has 5 heteroatoms. The molecule has 4 rings (SSSR count). The quantitative estimate of drug-likeness (QED) is 0.776. The summed E-state index contributed by atoms with van der Waals surface area (Å²) < 4.78 is 0. The zero-order valence-corrected chi connectivity index (χ0v) is 14.9. The van der Waals surface area contributed by atoms with Gasteiger partial charge in [-0.05, 0) is 31.5 Å². The molecule has 1 saturated heterocycles. The summed E-state index contributed by atoms with van der Waals surface area (Å²) in [6.07, 6.45) is 7.59. The molecule has 0 radical (unpaired) electrons. The Morgan fingerprint density at radius 2 is 1.96 bits per heavy atom. The molecule has 0 spiro atoms. The van der Waals surface area contributed by atoms with Crippen LogP contribution in [0.4, 0.5) is 0 Å². The number of imidazole rings is 1. The van der Waals surface area contributed by atoms with Crippen LogP contribution < -0.4 is 0 Å². The standard InChI is InChI=1S/C20H25N5/c1-14(2)19-21-11-15(12-22-19)13-25-10-6-5-9-18(25)20-23-16-7-3-4-8-17(16)24-20/h3-4,7-8,11-12,14,18H,5-6,9-10,13H2,1-2H3,(H,23,24)/t18-/m0/s1. The highest BCUT2D eigenvalue weighted by atomic mass is 15.2. The van der Waals surface area contributed by atoms with Gasteiger partial charge < -0.3 is 4.98 Å². The lowest BCUT2D eigenvalue weighted by molar-refractivity contribution is 0.134. The predicted octanol–water partition coefficient (Wildman–Crippen LogP) is 4.20. The van der Waals surface area contributed by atoms with Gasteiger partial charge >= 0.3 is 0 Å². The molecule has 0 bridgehead atoms. The molecular weight excluding hydrogens is 310 g/mol. The summed E-state index contributed by atoms with van der Waals surface area (Å²) >= 11 is 0. The monoisotopic (exact) mass is 335 g/mol. The molecule has 1 aliphatic heterocycles. The van der Waals surface area contributed by atoms with Crippen LogP contribution in [0.5, 0.6) is 0 Å². The predicted molar refractivity (Wildman–Crippen MR) is 99.2 cm³/mol. The van der Waals surface area contributed by atoms with Gasteiger partial charge in [-0.25, -0.2) is 15.0 Å². The van der Waals surface area contributed by atoms with E-state index in [9.17, 15) is 0 Å². The number of H-pyrrole nitrogens is 1. The molecule has 130 valence electrons. The lowest BCUT2D eigenvalue weighted by Crippen LogP contribution is -2.33. The van der Waals surface area contributed by atoms with E-state index in [2.05, 4.69) is 51.9 Å². The minimum atomic E-state index is 0.339. The number of nitrogens with zero attached hydrogens (tertiary/aromatic N) is 4. The van der Waals surface area contributed by atoms with Gasteiger partial charge in [0.05, 0.1) is 17.1 Å². The lowest BCUT2D eigenvalue weighted by Gasteiger charge is -2.34. The van der Waals surface area contributed by atoms with Crippen LogP contribution in [-0.4, -0.2) is 31.4 Å². The normalized spacial score (nSPS) is 18.9. The highest BCUT2D eigenvalue weighted by Crippen LogP contribution is 2.31. The molecule has 0 unspecified atom stereocenters. The molecule has 3 heterocycles. The summed E-state index contributed by atoms with van der Waals surface area (Å²) in [6, 6.07) is 8.60. The van der Waals surface area contributed by atoms with Crippen molar-refractivity contribution in [3.63, 3.8) is 0 Å². The number of fused-ring (bicyclic) bond motifs is 1. The fraction of sp³-hybridized carbons (Fsp3) is 0.450. The van der Waals surface area contributed by atoms with E-state index < -0.39 is 0 Å². The Morgan fingerprint density at radius 3 is 2.72 bits per heavy atom. The third-order valence-electron chi connectivity index (χ3n) is 4.96. The number of likely N-dealkylation sites (tertiary alicyclic amines) is 1. The van der Waals surface area contributed by atoms with Crippen LogP contribution in [0.2, 0.25) is 0 Å². The third-order valence-corrected chi connectivity index (χ3v) is 4.96. The highest BCUT2D eigenvalue weighted by molar-refractivity contribution is 5.74. The van der Waals surface area contributed by atoms with Gasteiger partial charge in [0.1, 0.15) is 11.6 Å². The second-order valence-corrected chi connectivity index (χ2v) is 7.23. The maximum Gasteiger partial charge on any atom is 0.130 e. The summed E-state index contributed by atoms with van der Waals surface area (Å²) in [5, 5.41) is 0. The van der Waals surface area contributed by atoms with E-state index in [1.54, 1.807) is 0 Å². The van der Waals surface area contributed by atoms with Crippen molar-refractivity contribution in [1.82, 2.24) is 24.8 Å². The van der Waals surface area contributed by atoms with E-state index in [0.717, 1.165) is 42.2 Å². The smallest absolute Gasteiger partial charge is 0.130 e. The van der Waals surface area contributed by atoms with Gasteiger partial charge in [0.25, 0.3) is 0 Å². The molecule has 1 aromatic carbocycles. The molecule has 25 heavy (non-hydrogen) atoms. The van der Waals surface area contributed by atoms with Crippen LogP contribution in [-0.2, 0) is 6.54 Å². The Labute approximate surface area is 148 Å². The van der Waals surface area contributed by atoms with Crippen LogP contribution in [0.1, 0.15) is 62.3 Å². The first-order valence-corrected chi connectivity index (χ1v) is 9.20. The van der Waals surface area contributed by atoms with Crippen molar-refractivity contribution in [3.05, 3.63) is 53.9 Å². The van der Waals surface area contributed by atoms with Crippen LogP contribution in [0.3, 0.4) is 0 Å². The van der Waals surface area contributed by atoms with E-state index in [0.29, 0.717) is 12.0 Å². The number of hydrogen-bond donors (Lipinski definition) is 1. The van der Waals surface area contributed by atoms with Crippen LogP contribution >= 0.6 is 0 Å². The largest absolute Gasteiger partial charge is 0.341 e. The molecule has 1 fully saturated rings. The summed E-state index contributed by atoms with van der Waals surface area (Å²) in [5.74, 6) is 2.36. The molecule has 0 amide bonds. The first kappa shape index (κ1) is 16.2. The molecule has 5 nitrogen and oxygen atoms in total. The lowest BCUT2D eigenvalue weighted by atomic mass is 10.0. The topological polar surface area (TPSA) is 57.7 Å². The van der Waals surface area contributed by atoms with E-state index in [1.807, 2.05) is 18.5 Å². The van der Waals surface area contributed by atoms with Gasteiger partial charge in [0.15, 0.2) is 0 Å². The maximum atomic E-state index is 4.84. The first-order chi connectivity index (χ1) is 12.2. The number of piperidine rings is 1. The van der Waals surface area contributed by atoms with Gasteiger partial charge in [-0.3, -0.25) is 4.90 Å². The molecule has 1 atom stereocenters.